The fourth-order valence-electron chi connectivity index (χ4n) is 2.51. The second-order valence-corrected chi connectivity index (χ2v) is 6.22. The minimum absolute atomic E-state index is 0.0265. The Bertz CT molecular complexity index is 344. The first-order chi connectivity index (χ1) is 8.24. The second-order valence-electron chi connectivity index (χ2n) is 4.98. The predicted molar refractivity (Wildman–Crippen MR) is 78.9 cm³/mol. The van der Waals surface area contributed by atoms with Gasteiger partial charge in [-0.05, 0) is 53.1 Å². The van der Waals surface area contributed by atoms with Crippen LogP contribution in [0.5, 0.6) is 0 Å². The van der Waals surface area contributed by atoms with Gasteiger partial charge in [0.15, 0.2) is 0 Å². The molecule has 94 valence electrons. The Hall–Kier alpha value is -0.130. The van der Waals surface area contributed by atoms with E-state index in [1.807, 2.05) is 0 Å². The second kappa shape index (κ2) is 6.16. The van der Waals surface area contributed by atoms with E-state index in [-0.39, 0.29) is 12.1 Å². The minimum atomic E-state index is -0.0265. The monoisotopic (exact) mass is 345 g/mol. The Labute approximate surface area is 117 Å². The van der Waals surface area contributed by atoms with Gasteiger partial charge in [-0.25, -0.2) is 0 Å². The third-order valence-electron chi connectivity index (χ3n) is 3.69. The van der Waals surface area contributed by atoms with E-state index in [0.29, 0.717) is 0 Å². The summed E-state index contributed by atoms with van der Waals surface area (Å²) in [5.41, 5.74) is 1.27. The van der Waals surface area contributed by atoms with E-state index in [9.17, 15) is 5.11 Å². The maximum Gasteiger partial charge on any atom is 0.0613 e. The predicted octanol–water partition coefficient (Wildman–Crippen LogP) is 3.08. The number of aliphatic hydroxyl groups is 1. The Morgan fingerprint density at radius 1 is 1.12 bits per heavy atom. The summed E-state index contributed by atoms with van der Waals surface area (Å²) in [7, 11) is 0. The van der Waals surface area contributed by atoms with Crippen LogP contribution < -0.4 is 5.32 Å². The summed E-state index contributed by atoms with van der Waals surface area (Å²) < 4.78 is 1.26. The van der Waals surface area contributed by atoms with Gasteiger partial charge in [0.2, 0.25) is 0 Å². The molecule has 1 fully saturated rings. The van der Waals surface area contributed by atoms with Gasteiger partial charge >= 0.3 is 0 Å². The molecule has 1 aromatic carbocycles. The number of nitrogens with one attached hydrogen (secondary N) is 1. The lowest BCUT2D eigenvalue weighted by Crippen LogP contribution is -2.49. The molecule has 0 aromatic heterocycles. The Kier molecular flexibility index (Phi) is 4.82. The van der Waals surface area contributed by atoms with E-state index in [2.05, 4.69) is 52.2 Å². The van der Waals surface area contributed by atoms with Gasteiger partial charge in [-0.3, -0.25) is 0 Å². The molecule has 17 heavy (non-hydrogen) atoms. The third-order valence-corrected chi connectivity index (χ3v) is 4.41. The highest BCUT2D eigenvalue weighted by molar-refractivity contribution is 14.1. The van der Waals surface area contributed by atoms with Crippen molar-refractivity contribution < 1.29 is 5.11 Å². The molecule has 1 aliphatic carbocycles. The zero-order valence-corrected chi connectivity index (χ0v) is 12.2. The van der Waals surface area contributed by atoms with Crippen LogP contribution in [0.1, 0.15) is 37.7 Å². The molecule has 0 spiro atoms. The van der Waals surface area contributed by atoms with Gasteiger partial charge in [-0.1, -0.05) is 31.4 Å². The number of benzene rings is 1. The van der Waals surface area contributed by atoms with Gasteiger partial charge < -0.3 is 10.4 Å². The van der Waals surface area contributed by atoms with Crippen molar-refractivity contribution in [2.45, 2.75) is 44.2 Å². The van der Waals surface area contributed by atoms with Crippen molar-refractivity contribution in [2.24, 2.45) is 0 Å². The van der Waals surface area contributed by atoms with Gasteiger partial charge in [0, 0.05) is 15.7 Å². The van der Waals surface area contributed by atoms with Crippen LogP contribution in [0.2, 0.25) is 0 Å². The first-order valence-corrected chi connectivity index (χ1v) is 7.42. The molecule has 0 unspecified atom stereocenters. The van der Waals surface area contributed by atoms with Crippen LogP contribution in [0.4, 0.5) is 0 Å². The van der Waals surface area contributed by atoms with Crippen LogP contribution in [0.15, 0.2) is 24.3 Å². The molecule has 1 aliphatic rings. The van der Waals surface area contributed by atoms with Crippen LogP contribution in [-0.2, 0) is 6.54 Å². The maximum atomic E-state index is 9.60. The molecule has 0 radical (unpaired) electrons. The molecular weight excluding hydrogens is 325 g/mol. The van der Waals surface area contributed by atoms with Gasteiger partial charge in [0.25, 0.3) is 0 Å². The molecule has 0 atom stereocenters. The van der Waals surface area contributed by atoms with Gasteiger partial charge in [-0.2, -0.15) is 0 Å². The molecule has 0 aliphatic heterocycles. The highest BCUT2D eigenvalue weighted by Crippen LogP contribution is 2.28. The molecule has 1 aromatic rings. The first kappa shape index (κ1) is 13.3. The van der Waals surface area contributed by atoms with Gasteiger partial charge in [-0.15, -0.1) is 0 Å². The summed E-state index contributed by atoms with van der Waals surface area (Å²) in [6.45, 7) is 1.12. The van der Waals surface area contributed by atoms with Crippen LogP contribution >= 0.6 is 22.6 Å². The number of rotatable bonds is 4. The summed E-state index contributed by atoms with van der Waals surface area (Å²) >= 11 is 2.32. The highest BCUT2D eigenvalue weighted by Gasteiger charge is 2.30. The zero-order valence-electron chi connectivity index (χ0n) is 10.1. The van der Waals surface area contributed by atoms with E-state index >= 15 is 0 Å². The minimum Gasteiger partial charge on any atom is -0.394 e. The van der Waals surface area contributed by atoms with E-state index in [1.165, 1.54) is 28.4 Å². The van der Waals surface area contributed by atoms with E-state index in [0.717, 1.165) is 19.4 Å². The molecule has 0 saturated heterocycles. The average Bonchev–Trinajstić information content (AvgIpc) is 2.39. The highest BCUT2D eigenvalue weighted by atomic mass is 127. The van der Waals surface area contributed by atoms with Gasteiger partial charge in [0.05, 0.1) is 6.61 Å². The summed E-state index contributed by atoms with van der Waals surface area (Å²) in [4.78, 5) is 0. The Morgan fingerprint density at radius 3 is 2.35 bits per heavy atom. The summed E-state index contributed by atoms with van der Waals surface area (Å²) in [6.07, 6.45) is 6.00. The van der Waals surface area contributed by atoms with Crippen molar-refractivity contribution in [1.82, 2.24) is 5.32 Å². The van der Waals surface area contributed by atoms with E-state index in [4.69, 9.17) is 0 Å². The lowest BCUT2D eigenvalue weighted by molar-refractivity contribution is 0.119. The Balaban J connectivity index is 1.93. The first-order valence-electron chi connectivity index (χ1n) is 6.34. The normalized spacial score (nSPS) is 19.2. The average molecular weight is 345 g/mol. The molecule has 0 bridgehead atoms. The zero-order chi connectivity index (χ0) is 12.1. The van der Waals surface area contributed by atoms with Crippen molar-refractivity contribution in [3.63, 3.8) is 0 Å². The third kappa shape index (κ3) is 3.66. The smallest absolute Gasteiger partial charge is 0.0613 e. The number of aliphatic hydroxyl groups excluding tert-OH is 1. The van der Waals surface area contributed by atoms with Crippen molar-refractivity contribution in [2.75, 3.05) is 6.61 Å². The van der Waals surface area contributed by atoms with Crippen LogP contribution in [-0.4, -0.2) is 17.3 Å². The lowest BCUT2D eigenvalue weighted by atomic mass is 9.82. The van der Waals surface area contributed by atoms with Crippen LogP contribution in [0.3, 0.4) is 0 Å². The molecule has 3 heteroatoms. The molecule has 2 nitrogen and oxygen atoms in total. The summed E-state index contributed by atoms with van der Waals surface area (Å²) in [5.74, 6) is 0. The topological polar surface area (TPSA) is 32.3 Å². The standard InChI is InChI=1S/C14H20INO/c15-13-6-4-12(5-7-13)10-16-14(11-17)8-2-1-3-9-14/h4-7,16-17H,1-3,8-11H2. The quantitative estimate of drug-likeness (QED) is 0.822. The molecule has 2 N–H and O–H groups in total. The SMILES string of the molecule is OCC1(NCc2ccc(I)cc2)CCCCC1. The van der Waals surface area contributed by atoms with Crippen molar-refractivity contribution in [1.29, 1.82) is 0 Å². The summed E-state index contributed by atoms with van der Waals surface area (Å²) in [6, 6.07) is 8.57. The fourth-order valence-corrected chi connectivity index (χ4v) is 2.87. The molecular formula is C14H20INO. The largest absolute Gasteiger partial charge is 0.394 e. The van der Waals surface area contributed by atoms with Crippen molar-refractivity contribution in [3.05, 3.63) is 33.4 Å². The molecule has 2 rings (SSSR count). The number of hydrogen-bond donors (Lipinski definition) is 2. The van der Waals surface area contributed by atoms with E-state index in [1.54, 1.807) is 0 Å². The number of hydrogen-bond acceptors (Lipinski definition) is 2. The Morgan fingerprint density at radius 2 is 1.76 bits per heavy atom. The van der Waals surface area contributed by atoms with Crippen LogP contribution in [0.25, 0.3) is 0 Å². The summed E-state index contributed by atoms with van der Waals surface area (Å²) in [5, 5.41) is 13.2. The van der Waals surface area contributed by atoms with E-state index < -0.39 is 0 Å². The molecule has 0 amide bonds. The molecule has 1 saturated carbocycles. The molecule has 0 heterocycles. The van der Waals surface area contributed by atoms with Crippen LogP contribution in [0, 0.1) is 3.57 Å². The number of halogens is 1. The fraction of sp³-hybridized carbons (Fsp3) is 0.571. The maximum absolute atomic E-state index is 9.60. The van der Waals surface area contributed by atoms with Crippen molar-refractivity contribution in [3.8, 4) is 0 Å². The van der Waals surface area contributed by atoms with Crippen molar-refractivity contribution >= 4 is 22.6 Å². The van der Waals surface area contributed by atoms with Gasteiger partial charge in [0.1, 0.15) is 0 Å². The lowest BCUT2D eigenvalue weighted by Gasteiger charge is -2.36.